The summed E-state index contributed by atoms with van der Waals surface area (Å²) in [6.07, 6.45) is 6.47. The molecule has 15 heavy (non-hydrogen) atoms. The zero-order valence-corrected chi connectivity index (χ0v) is 12.3. The summed E-state index contributed by atoms with van der Waals surface area (Å²) in [4.78, 5) is 0. The van der Waals surface area contributed by atoms with Crippen molar-refractivity contribution >= 4 is 8.32 Å². The average Bonchev–Trinajstić information content (AvgIpc) is 1.99. The van der Waals surface area contributed by atoms with Crippen LogP contribution in [0.5, 0.6) is 0 Å². The summed E-state index contributed by atoms with van der Waals surface area (Å²) >= 11 is 0. The predicted molar refractivity (Wildman–Crippen MR) is 70.4 cm³/mol. The van der Waals surface area contributed by atoms with E-state index in [0.717, 1.165) is 6.42 Å². The molecule has 0 spiro atoms. The summed E-state index contributed by atoms with van der Waals surface area (Å²) in [5, 5.41) is 0.235. The van der Waals surface area contributed by atoms with Crippen LogP contribution >= 0.6 is 0 Å². The zero-order valence-electron chi connectivity index (χ0n) is 11.3. The van der Waals surface area contributed by atoms with Crippen molar-refractivity contribution in [1.82, 2.24) is 0 Å². The average molecular weight is 226 g/mol. The Kier molecular flexibility index (Phi) is 5.09. The molecular formula is C13H26OSi. The van der Waals surface area contributed by atoms with Crippen LogP contribution in [0, 0.1) is 18.3 Å². The van der Waals surface area contributed by atoms with Crippen LogP contribution in [0.2, 0.25) is 18.1 Å². The smallest absolute Gasteiger partial charge is 0.193 e. The first-order valence-corrected chi connectivity index (χ1v) is 8.65. The molecule has 0 aromatic carbocycles. The van der Waals surface area contributed by atoms with Crippen molar-refractivity contribution in [3.63, 3.8) is 0 Å². The van der Waals surface area contributed by atoms with Crippen molar-refractivity contribution in [3.8, 4) is 12.3 Å². The molecule has 1 nitrogen and oxygen atoms in total. The largest absolute Gasteiger partial charge is 0.403 e. The minimum atomic E-state index is -1.70. The molecule has 1 atom stereocenters. The third kappa shape index (κ3) is 4.86. The third-order valence-corrected chi connectivity index (χ3v) is 7.60. The fourth-order valence-corrected chi connectivity index (χ4v) is 2.34. The van der Waals surface area contributed by atoms with E-state index in [1.165, 1.54) is 0 Å². The van der Waals surface area contributed by atoms with E-state index in [0.29, 0.717) is 5.92 Å². The molecule has 0 heterocycles. The van der Waals surface area contributed by atoms with E-state index >= 15 is 0 Å². The van der Waals surface area contributed by atoms with E-state index in [4.69, 9.17) is 10.8 Å². The Morgan fingerprint density at radius 2 is 1.73 bits per heavy atom. The van der Waals surface area contributed by atoms with Crippen LogP contribution in [0.25, 0.3) is 0 Å². The predicted octanol–water partition coefficient (Wildman–Crippen LogP) is 4.06. The lowest BCUT2D eigenvalue weighted by Crippen LogP contribution is -2.43. The van der Waals surface area contributed by atoms with Gasteiger partial charge in [0.25, 0.3) is 0 Å². The molecule has 0 saturated carbocycles. The Hall–Kier alpha value is -0.263. The van der Waals surface area contributed by atoms with Gasteiger partial charge >= 0.3 is 0 Å². The van der Waals surface area contributed by atoms with Gasteiger partial charge < -0.3 is 4.43 Å². The molecule has 0 fully saturated rings. The van der Waals surface area contributed by atoms with Crippen molar-refractivity contribution < 1.29 is 4.43 Å². The molecule has 0 bridgehead atoms. The maximum absolute atomic E-state index is 6.17. The van der Waals surface area contributed by atoms with Crippen molar-refractivity contribution in [3.05, 3.63) is 0 Å². The molecule has 0 rings (SSSR count). The molecule has 0 aromatic rings. The van der Waals surface area contributed by atoms with Gasteiger partial charge in [-0.15, -0.1) is 6.42 Å². The van der Waals surface area contributed by atoms with Crippen LogP contribution in [0.3, 0.4) is 0 Å². The van der Waals surface area contributed by atoms with E-state index in [9.17, 15) is 0 Å². The van der Waals surface area contributed by atoms with Gasteiger partial charge in [-0.1, -0.05) is 40.5 Å². The Labute approximate surface area is 96.7 Å². The lowest BCUT2D eigenvalue weighted by atomic mass is 10.1. The summed E-state index contributed by atoms with van der Waals surface area (Å²) in [6.45, 7) is 15.6. The highest BCUT2D eigenvalue weighted by atomic mass is 28.4. The third-order valence-electron chi connectivity index (χ3n) is 3.11. The van der Waals surface area contributed by atoms with Gasteiger partial charge in [-0.3, -0.25) is 0 Å². The lowest BCUT2D eigenvalue weighted by molar-refractivity contribution is 0.207. The Bertz CT molecular complexity index is 230. The minimum absolute atomic E-state index is 0.00843. The van der Waals surface area contributed by atoms with Gasteiger partial charge in [0.2, 0.25) is 0 Å². The lowest BCUT2D eigenvalue weighted by Gasteiger charge is -2.38. The van der Waals surface area contributed by atoms with Crippen molar-refractivity contribution in [1.29, 1.82) is 0 Å². The first-order valence-electron chi connectivity index (χ1n) is 5.74. The molecule has 0 aliphatic heterocycles. The fourth-order valence-electron chi connectivity index (χ4n) is 1.11. The van der Waals surface area contributed by atoms with Crippen LogP contribution in [0.15, 0.2) is 0 Å². The summed E-state index contributed by atoms with van der Waals surface area (Å²) in [6, 6.07) is 0. The fraction of sp³-hybridized carbons (Fsp3) is 0.846. The minimum Gasteiger partial charge on any atom is -0.403 e. The standard InChI is InChI=1S/C13H26OSi/c1-9-12(10-11(2)3)14-15(7,8)13(4,5)6/h1,11-12H,10H2,2-8H3/t12-/m1/s1. The van der Waals surface area contributed by atoms with Gasteiger partial charge in [-0.25, -0.2) is 0 Å². The highest BCUT2D eigenvalue weighted by Gasteiger charge is 2.38. The topological polar surface area (TPSA) is 9.23 Å². The number of hydrogen-bond acceptors (Lipinski definition) is 1. The second kappa shape index (κ2) is 5.18. The summed E-state index contributed by atoms with van der Waals surface area (Å²) < 4.78 is 6.17. The first-order chi connectivity index (χ1) is 6.60. The second-order valence-corrected chi connectivity index (χ2v) is 10.9. The summed E-state index contributed by atoms with van der Waals surface area (Å²) in [7, 11) is -1.70. The van der Waals surface area contributed by atoms with Crippen molar-refractivity contribution in [2.45, 2.75) is 65.3 Å². The molecule has 0 unspecified atom stereocenters. The van der Waals surface area contributed by atoms with Gasteiger partial charge in [-0.2, -0.15) is 0 Å². The second-order valence-electron chi connectivity index (χ2n) is 6.16. The quantitative estimate of drug-likeness (QED) is 0.519. The Morgan fingerprint density at radius 3 is 2.00 bits per heavy atom. The summed E-state index contributed by atoms with van der Waals surface area (Å²) in [5.74, 6) is 3.37. The number of rotatable bonds is 4. The molecular weight excluding hydrogens is 200 g/mol. The monoisotopic (exact) mass is 226 g/mol. The van der Waals surface area contributed by atoms with E-state index in [2.05, 4.69) is 53.6 Å². The van der Waals surface area contributed by atoms with E-state index in [-0.39, 0.29) is 11.1 Å². The van der Waals surface area contributed by atoms with E-state index < -0.39 is 8.32 Å². The molecule has 0 aromatic heterocycles. The molecule has 0 N–H and O–H groups in total. The zero-order chi connectivity index (χ0) is 12.3. The van der Waals surface area contributed by atoms with Gasteiger partial charge in [0.1, 0.15) is 6.10 Å². The molecule has 0 radical (unpaired) electrons. The van der Waals surface area contributed by atoms with E-state index in [1.807, 2.05) is 0 Å². The highest BCUT2D eigenvalue weighted by Crippen LogP contribution is 2.37. The number of hydrogen-bond donors (Lipinski definition) is 0. The van der Waals surface area contributed by atoms with E-state index in [1.54, 1.807) is 0 Å². The van der Waals surface area contributed by atoms with Crippen molar-refractivity contribution in [2.75, 3.05) is 0 Å². The molecule has 2 heteroatoms. The molecule has 0 amide bonds. The van der Waals surface area contributed by atoms with Gasteiger partial charge in [-0.05, 0) is 30.5 Å². The summed E-state index contributed by atoms with van der Waals surface area (Å²) in [5.41, 5.74) is 0. The van der Waals surface area contributed by atoms with Gasteiger partial charge in [0.05, 0.1) is 0 Å². The van der Waals surface area contributed by atoms with Crippen LogP contribution in [-0.2, 0) is 4.43 Å². The Balaban J connectivity index is 4.50. The maximum Gasteiger partial charge on any atom is 0.193 e. The van der Waals surface area contributed by atoms with Gasteiger partial charge in [0.15, 0.2) is 8.32 Å². The molecule has 0 aliphatic rings. The van der Waals surface area contributed by atoms with Crippen LogP contribution in [0.1, 0.15) is 41.0 Å². The van der Waals surface area contributed by atoms with Crippen molar-refractivity contribution in [2.24, 2.45) is 5.92 Å². The molecule has 0 aliphatic carbocycles. The van der Waals surface area contributed by atoms with Crippen LogP contribution in [0.4, 0.5) is 0 Å². The van der Waals surface area contributed by atoms with Crippen LogP contribution < -0.4 is 0 Å². The van der Waals surface area contributed by atoms with Crippen LogP contribution in [-0.4, -0.2) is 14.4 Å². The Morgan fingerprint density at radius 1 is 1.27 bits per heavy atom. The number of terminal acetylenes is 1. The van der Waals surface area contributed by atoms with Gasteiger partial charge in [0, 0.05) is 0 Å². The molecule has 0 saturated heterocycles. The highest BCUT2D eigenvalue weighted by molar-refractivity contribution is 6.74. The normalized spacial score (nSPS) is 15.1. The SMILES string of the molecule is C#C[C@H](CC(C)C)O[Si](C)(C)C(C)(C)C. The maximum atomic E-state index is 6.17. The first kappa shape index (κ1) is 14.7. The molecule has 88 valence electrons.